The van der Waals surface area contributed by atoms with Crippen LogP contribution in [-0.4, -0.2) is 73.6 Å². The zero-order chi connectivity index (χ0) is 29.8. The van der Waals surface area contributed by atoms with Crippen LogP contribution < -0.4 is 0 Å². The van der Waals surface area contributed by atoms with Gasteiger partial charge in [-0.25, -0.2) is 5.10 Å². The quantitative estimate of drug-likeness (QED) is 0.151. The number of aromatic amines is 1. The fourth-order valence-corrected chi connectivity index (χ4v) is 4.72. The van der Waals surface area contributed by atoms with Gasteiger partial charge in [-0.1, -0.05) is 75.7 Å². The van der Waals surface area contributed by atoms with E-state index in [1.165, 1.54) is 0 Å². The average Bonchev–Trinajstić information content (AvgIpc) is 3.50. The molecule has 0 saturated carbocycles. The van der Waals surface area contributed by atoms with Crippen LogP contribution in [0.15, 0.2) is 48.5 Å². The fraction of sp³-hybridized carbons (Fsp3) is 0.483. The number of hydrogen-bond acceptors (Lipinski definition) is 8. The van der Waals surface area contributed by atoms with E-state index in [2.05, 4.69) is 25.5 Å². The summed E-state index contributed by atoms with van der Waals surface area (Å²) in [6.45, 7) is 6.62. The molecule has 0 aliphatic carbocycles. The van der Waals surface area contributed by atoms with E-state index < -0.39 is 11.1 Å². The number of unbranched alkanes of at least 4 members (excludes halogenated alkanes) is 2. The van der Waals surface area contributed by atoms with Crippen molar-refractivity contribution in [1.29, 1.82) is 0 Å². The van der Waals surface area contributed by atoms with Crippen LogP contribution in [-0.2, 0) is 21.0 Å². The van der Waals surface area contributed by atoms with Crippen LogP contribution in [0.5, 0.6) is 0 Å². The van der Waals surface area contributed by atoms with E-state index in [1.54, 1.807) is 16.8 Å². The van der Waals surface area contributed by atoms with Crippen LogP contribution in [0.1, 0.15) is 58.4 Å². The minimum atomic E-state index is -0.817. The number of amides is 2. The number of rotatable bonds is 16. The Bertz CT molecular complexity index is 1260. The zero-order valence-corrected chi connectivity index (χ0v) is 24.2. The number of aromatic nitrogens is 4. The number of likely N-dealkylation sites (N-methyl/N-ethyl adjacent to an activating group) is 1. The van der Waals surface area contributed by atoms with Gasteiger partial charge >= 0.3 is 0 Å². The molecule has 0 fully saturated rings. The van der Waals surface area contributed by atoms with Crippen molar-refractivity contribution >= 4 is 11.8 Å². The summed E-state index contributed by atoms with van der Waals surface area (Å²) in [5.74, 6) is 0.255. The summed E-state index contributed by atoms with van der Waals surface area (Å²) < 4.78 is 0. The Morgan fingerprint density at radius 3 is 2.37 bits per heavy atom. The smallest absolute Gasteiger partial charge is 0.294 e. The second-order valence-electron chi connectivity index (χ2n) is 10.3. The van der Waals surface area contributed by atoms with Crippen LogP contribution >= 0.6 is 0 Å². The maximum Gasteiger partial charge on any atom is 0.294 e. The third-order valence-corrected chi connectivity index (χ3v) is 6.89. The average molecular weight is 566 g/mol. The molecule has 1 unspecified atom stereocenters. The molecule has 1 heterocycles. The lowest BCUT2D eigenvalue weighted by Gasteiger charge is -2.36. The van der Waals surface area contributed by atoms with Gasteiger partial charge in [0.05, 0.1) is 6.61 Å². The van der Waals surface area contributed by atoms with Crippen LogP contribution in [0, 0.1) is 16.0 Å². The molecule has 0 saturated heterocycles. The van der Waals surface area contributed by atoms with Crippen molar-refractivity contribution in [3.05, 3.63) is 64.2 Å². The Kier molecular flexibility index (Phi) is 11.7. The van der Waals surface area contributed by atoms with Gasteiger partial charge in [0, 0.05) is 32.1 Å². The Balaban J connectivity index is 1.80. The minimum absolute atomic E-state index is 0.0139. The molecule has 12 heteroatoms. The summed E-state index contributed by atoms with van der Waals surface area (Å²) in [5, 5.41) is 23.8. The number of carbonyl (C=O) groups is 2. The van der Waals surface area contributed by atoms with E-state index in [4.69, 9.17) is 0 Å². The van der Waals surface area contributed by atoms with Crippen molar-refractivity contribution in [3.63, 3.8) is 0 Å². The number of carbonyl (C=O) groups excluding carboxylic acids is 2. The van der Waals surface area contributed by atoms with Gasteiger partial charge in [-0.2, -0.15) is 0 Å². The lowest BCUT2D eigenvalue weighted by molar-refractivity contribution is -0.757. The highest BCUT2D eigenvalue weighted by atomic mass is 16.9. The number of benzene rings is 2. The lowest BCUT2D eigenvalue weighted by atomic mass is 9.97. The molecule has 3 aromatic rings. The molecule has 41 heavy (non-hydrogen) atoms. The molecule has 1 N–H and O–H groups in total. The van der Waals surface area contributed by atoms with Gasteiger partial charge in [0.1, 0.15) is 6.04 Å². The third kappa shape index (κ3) is 8.82. The van der Waals surface area contributed by atoms with E-state index in [0.717, 1.165) is 35.1 Å². The summed E-state index contributed by atoms with van der Waals surface area (Å²) in [6, 6.07) is 15.1. The standard InChI is InChI=1S/C29H39N7O5/c1-5-6-13-26(37)35(27(21(2)3)29(38)34(4)18-9-10-19-41-36(39)40)20-22-14-16-23(17-15-22)24-11-7-8-12-25(24)28-30-32-33-31-28/h7-8,11-12,14-17,21,27H,5-6,9-10,13,18-20H2,1-4H3,(H,30,31,32,33). The largest absolute Gasteiger partial charge is 0.344 e. The first kappa shape index (κ1) is 31.2. The van der Waals surface area contributed by atoms with E-state index in [-0.39, 0.29) is 24.3 Å². The third-order valence-electron chi connectivity index (χ3n) is 6.89. The highest BCUT2D eigenvalue weighted by molar-refractivity contribution is 5.88. The molecule has 0 radical (unpaired) electrons. The molecule has 0 spiro atoms. The number of nitrogens with zero attached hydrogens (tertiary/aromatic N) is 6. The summed E-state index contributed by atoms with van der Waals surface area (Å²) in [6.07, 6.45) is 2.99. The molecule has 220 valence electrons. The van der Waals surface area contributed by atoms with Crippen molar-refractivity contribution in [2.24, 2.45) is 5.92 Å². The topological polar surface area (TPSA) is 147 Å². The zero-order valence-electron chi connectivity index (χ0n) is 24.2. The summed E-state index contributed by atoms with van der Waals surface area (Å²) in [4.78, 5) is 45.1. The van der Waals surface area contributed by atoms with Gasteiger partial charge in [-0.15, -0.1) is 15.2 Å². The molecular formula is C29H39N7O5. The first-order valence-electron chi connectivity index (χ1n) is 14.0. The number of nitrogens with one attached hydrogen (secondary N) is 1. The van der Waals surface area contributed by atoms with Crippen LogP contribution in [0.25, 0.3) is 22.5 Å². The maximum absolute atomic E-state index is 13.6. The van der Waals surface area contributed by atoms with Gasteiger partial charge in [0.25, 0.3) is 5.09 Å². The van der Waals surface area contributed by atoms with Gasteiger partial charge in [-0.05, 0) is 52.3 Å². The fourth-order valence-electron chi connectivity index (χ4n) is 4.72. The van der Waals surface area contributed by atoms with E-state index in [1.807, 2.05) is 69.3 Å². The van der Waals surface area contributed by atoms with Crippen molar-refractivity contribution in [3.8, 4) is 22.5 Å². The van der Waals surface area contributed by atoms with Crippen molar-refractivity contribution < 1.29 is 19.5 Å². The van der Waals surface area contributed by atoms with E-state index >= 15 is 0 Å². The molecule has 0 aliphatic heterocycles. The highest BCUT2D eigenvalue weighted by Gasteiger charge is 2.34. The van der Waals surface area contributed by atoms with E-state index in [9.17, 15) is 19.7 Å². The monoisotopic (exact) mass is 565 g/mol. The SMILES string of the molecule is CCCCC(=O)N(Cc1ccc(-c2ccccc2-c2nnn[nH]2)cc1)C(C(=O)N(C)CCCCO[N+](=O)[O-])C(C)C. The molecule has 12 nitrogen and oxygen atoms in total. The molecule has 3 rings (SSSR count). The normalized spacial score (nSPS) is 11.7. The van der Waals surface area contributed by atoms with Crippen molar-refractivity contribution in [1.82, 2.24) is 30.4 Å². The summed E-state index contributed by atoms with van der Waals surface area (Å²) >= 11 is 0. The predicted molar refractivity (Wildman–Crippen MR) is 154 cm³/mol. The Labute approximate surface area is 240 Å². The van der Waals surface area contributed by atoms with Gasteiger partial charge < -0.3 is 14.6 Å². The van der Waals surface area contributed by atoms with Gasteiger partial charge in [-0.3, -0.25) is 9.59 Å². The van der Waals surface area contributed by atoms with Crippen molar-refractivity contribution in [2.75, 3.05) is 20.2 Å². The Morgan fingerprint density at radius 1 is 1.05 bits per heavy atom. The molecule has 2 aromatic carbocycles. The predicted octanol–water partition coefficient (Wildman–Crippen LogP) is 4.52. The Morgan fingerprint density at radius 2 is 1.76 bits per heavy atom. The second kappa shape index (κ2) is 15.4. The van der Waals surface area contributed by atoms with Crippen LogP contribution in [0.3, 0.4) is 0 Å². The molecule has 1 atom stereocenters. The number of H-pyrrole nitrogens is 1. The highest BCUT2D eigenvalue weighted by Crippen LogP contribution is 2.30. The number of tetrazole rings is 1. The van der Waals surface area contributed by atoms with Gasteiger partial charge in [0.15, 0.2) is 5.82 Å². The molecule has 0 bridgehead atoms. The summed E-state index contributed by atoms with van der Waals surface area (Å²) in [5.41, 5.74) is 3.73. The molecule has 0 aliphatic rings. The number of hydrogen-bond donors (Lipinski definition) is 1. The first-order valence-corrected chi connectivity index (χ1v) is 14.0. The van der Waals surface area contributed by atoms with E-state index in [0.29, 0.717) is 38.2 Å². The lowest BCUT2D eigenvalue weighted by Crippen LogP contribution is -2.52. The van der Waals surface area contributed by atoms with Crippen molar-refractivity contribution in [2.45, 2.75) is 65.5 Å². The first-order chi connectivity index (χ1) is 19.7. The van der Waals surface area contributed by atoms with Gasteiger partial charge in [0.2, 0.25) is 11.8 Å². The molecule has 1 aromatic heterocycles. The van der Waals surface area contributed by atoms with Crippen LogP contribution in [0.4, 0.5) is 0 Å². The van der Waals surface area contributed by atoms with Crippen LogP contribution in [0.2, 0.25) is 0 Å². The molecular weight excluding hydrogens is 526 g/mol. The maximum atomic E-state index is 13.6. The molecule has 2 amide bonds. The second-order valence-corrected chi connectivity index (χ2v) is 10.3. The summed E-state index contributed by atoms with van der Waals surface area (Å²) in [7, 11) is 1.71. The Hall–Kier alpha value is -4.35. The minimum Gasteiger partial charge on any atom is -0.344 e.